The molecule has 1 fully saturated rings. The molecule has 1 aliphatic rings. The lowest BCUT2D eigenvalue weighted by molar-refractivity contribution is 0.278. The highest BCUT2D eigenvalue weighted by Gasteiger charge is 2.26. The molecule has 0 unspecified atom stereocenters. The fourth-order valence-corrected chi connectivity index (χ4v) is 4.70. The van der Waals surface area contributed by atoms with Crippen LogP contribution in [0.15, 0.2) is 53.4 Å². The Morgan fingerprint density at radius 2 is 1.60 bits per heavy atom. The normalized spacial score (nSPS) is 17.4. The van der Waals surface area contributed by atoms with Crippen molar-refractivity contribution in [1.29, 1.82) is 0 Å². The van der Waals surface area contributed by atoms with Crippen LogP contribution in [0.2, 0.25) is 0 Å². The van der Waals surface area contributed by atoms with Gasteiger partial charge >= 0.3 is 0 Å². The minimum atomic E-state index is -3.40. The lowest BCUT2D eigenvalue weighted by atomic mass is 10.1. The molecule has 4 nitrogen and oxygen atoms in total. The zero-order valence-corrected chi connectivity index (χ0v) is 15.8. The summed E-state index contributed by atoms with van der Waals surface area (Å²) < 4.78 is 27.4. The molecule has 0 bridgehead atoms. The van der Waals surface area contributed by atoms with Crippen molar-refractivity contribution >= 4 is 10.0 Å². The highest BCUT2D eigenvalue weighted by molar-refractivity contribution is 7.89. The number of hydrogen-bond acceptors (Lipinski definition) is 3. The molecule has 2 aromatic carbocycles. The van der Waals surface area contributed by atoms with Crippen LogP contribution in [-0.2, 0) is 16.6 Å². The van der Waals surface area contributed by atoms with Crippen molar-refractivity contribution in [3.8, 4) is 0 Å². The van der Waals surface area contributed by atoms with E-state index < -0.39 is 10.0 Å². The number of nitrogens with zero attached hydrogens (tertiary/aromatic N) is 2. The summed E-state index contributed by atoms with van der Waals surface area (Å²) in [7, 11) is -3.40. The van der Waals surface area contributed by atoms with Gasteiger partial charge in [0.25, 0.3) is 0 Å². The standard InChI is InChI=1S/C20H26N2O2S/c1-17-8-10-20(11-9-17)25(23,24)22-13-5-12-21(14-15-22)16-19-7-4-3-6-18(19)2/h3-4,6-11H,5,12-16H2,1-2H3. The molecule has 0 atom stereocenters. The summed E-state index contributed by atoms with van der Waals surface area (Å²) in [5, 5.41) is 0. The van der Waals surface area contributed by atoms with Crippen LogP contribution in [0.3, 0.4) is 0 Å². The number of sulfonamides is 1. The van der Waals surface area contributed by atoms with Gasteiger partial charge in [0, 0.05) is 26.2 Å². The third kappa shape index (κ3) is 4.29. The van der Waals surface area contributed by atoms with E-state index in [2.05, 4.69) is 36.1 Å². The van der Waals surface area contributed by atoms with Gasteiger partial charge in [-0.2, -0.15) is 4.31 Å². The Balaban J connectivity index is 1.69. The Morgan fingerprint density at radius 3 is 2.32 bits per heavy atom. The molecule has 1 heterocycles. The highest BCUT2D eigenvalue weighted by atomic mass is 32.2. The molecule has 25 heavy (non-hydrogen) atoms. The maximum absolute atomic E-state index is 12.9. The fourth-order valence-electron chi connectivity index (χ4n) is 3.23. The highest BCUT2D eigenvalue weighted by Crippen LogP contribution is 2.19. The minimum absolute atomic E-state index is 0.394. The van der Waals surface area contributed by atoms with E-state index in [4.69, 9.17) is 0 Å². The van der Waals surface area contributed by atoms with Gasteiger partial charge < -0.3 is 0 Å². The van der Waals surface area contributed by atoms with E-state index >= 15 is 0 Å². The van der Waals surface area contributed by atoms with E-state index in [-0.39, 0.29) is 0 Å². The van der Waals surface area contributed by atoms with E-state index in [0.717, 1.165) is 31.6 Å². The first kappa shape index (κ1) is 18.1. The smallest absolute Gasteiger partial charge is 0.243 e. The van der Waals surface area contributed by atoms with Gasteiger partial charge in [0.2, 0.25) is 10.0 Å². The summed E-state index contributed by atoms with van der Waals surface area (Å²) >= 11 is 0. The van der Waals surface area contributed by atoms with E-state index in [1.807, 2.05) is 19.1 Å². The molecule has 0 aliphatic carbocycles. The lowest BCUT2D eigenvalue weighted by Gasteiger charge is -2.22. The van der Waals surface area contributed by atoms with Crippen molar-refractivity contribution in [2.24, 2.45) is 0 Å². The largest absolute Gasteiger partial charge is 0.298 e. The van der Waals surface area contributed by atoms with Crippen LogP contribution in [0.25, 0.3) is 0 Å². The minimum Gasteiger partial charge on any atom is -0.298 e. The lowest BCUT2D eigenvalue weighted by Crippen LogP contribution is -2.35. The number of rotatable bonds is 4. The van der Waals surface area contributed by atoms with Crippen molar-refractivity contribution < 1.29 is 8.42 Å². The molecule has 0 radical (unpaired) electrons. The Bertz CT molecular complexity index is 816. The molecule has 0 N–H and O–H groups in total. The molecule has 134 valence electrons. The molecule has 1 aliphatic heterocycles. The van der Waals surface area contributed by atoms with Gasteiger partial charge in [-0.1, -0.05) is 42.0 Å². The molecule has 0 amide bonds. The summed E-state index contributed by atoms with van der Waals surface area (Å²) in [5.41, 5.74) is 3.67. The van der Waals surface area contributed by atoms with Crippen LogP contribution in [0.4, 0.5) is 0 Å². The number of aryl methyl sites for hydroxylation is 2. The first-order chi connectivity index (χ1) is 12.0. The van der Waals surface area contributed by atoms with E-state index in [9.17, 15) is 8.42 Å². The SMILES string of the molecule is Cc1ccc(S(=O)(=O)N2CCCN(Cc3ccccc3C)CC2)cc1. The molecule has 5 heteroatoms. The average Bonchev–Trinajstić information content (AvgIpc) is 2.83. The van der Waals surface area contributed by atoms with Crippen LogP contribution >= 0.6 is 0 Å². The fraction of sp³-hybridized carbons (Fsp3) is 0.400. The van der Waals surface area contributed by atoms with Crippen LogP contribution in [0.5, 0.6) is 0 Å². The number of hydrogen-bond donors (Lipinski definition) is 0. The van der Waals surface area contributed by atoms with E-state index in [0.29, 0.717) is 18.0 Å². The van der Waals surface area contributed by atoms with Crippen LogP contribution in [0.1, 0.15) is 23.1 Å². The van der Waals surface area contributed by atoms with Gasteiger partial charge in [-0.15, -0.1) is 0 Å². The topological polar surface area (TPSA) is 40.6 Å². The second-order valence-corrected chi connectivity index (χ2v) is 8.71. The zero-order valence-electron chi connectivity index (χ0n) is 15.0. The predicted molar refractivity (Wildman–Crippen MR) is 101 cm³/mol. The number of benzene rings is 2. The Morgan fingerprint density at radius 1 is 0.880 bits per heavy atom. The second kappa shape index (κ2) is 7.68. The van der Waals surface area contributed by atoms with E-state index in [1.165, 1.54) is 11.1 Å². The monoisotopic (exact) mass is 358 g/mol. The van der Waals surface area contributed by atoms with Gasteiger partial charge in [0.1, 0.15) is 0 Å². The Kier molecular flexibility index (Phi) is 5.57. The van der Waals surface area contributed by atoms with Crippen LogP contribution in [0, 0.1) is 13.8 Å². The second-order valence-electron chi connectivity index (χ2n) is 6.77. The summed E-state index contributed by atoms with van der Waals surface area (Å²) in [6.45, 7) is 7.79. The average molecular weight is 359 g/mol. The Labute approximate surface area is 151 Å². The molecule has 1 saturated heterocycles. The van der Waals surface area contributed by atoms with Crippen molar-refractivity contribution in [2.45, 2.75) is 31.7 Å². The maximum atomic E-state index is 12.9. The first-order valence-electron chi connectivity index (χ1n) is 8.80. The van der Waals surface area contributed by atoms with Gasteiger partial charge in [-0.25, -0.2) is 8.42 Å². The summed E-state index contributed by atoms with van der Waals surface area (Å²) in [4.78, 5) is 2.75. The van der Waals surface area contributed by atoms with Gasteiger partial charge in [-0.3, -0.25) is 4.90 Å². The summed E-state index contributed by atoms with van der Waals surface area (Å²) in [5.74, 6) is 0. The maximum Gasteiger partial charge on any atom is 0.243 e. The summed E-state index contributed by atoms with van der Waals surface area (Å²) in [6, 6.07) is 15.5. The third-order valence-electron chi connectivity index (χ3n) is 4.86. The molecular formula is C20H26N2O2S. The van der Waals surface area contributed by atoms with E-state index in [1.54, 1.807) is 16.4 Å². The third-order valence-corrected chi connectivity index (χ3v) is 6.77. The predicted octanol–water partition coefficient (Wildman–Crippen LogP) is 3.20. The van der Waals surface area contributed by atoms with Crippen molar-refractivity contribution in [3.63, 3.8) is 0 Å². The molecule has 2 aromatic rings. The molecule has 0 aromatic heterocycles. The molecule has 0 spiro atoms. The van der Waals surface area contributed by atoms with Crippen LogP contribution < -0.4 is 0 Å². The van der Waals surface area contributed by atoms with Gasteiger partial charge in [0.15, 0.2) is 0 Å². The molecule has 0 saturated carbocycles. The quantitative estimate of drug-likeness (QED) is 0.843. The zero-order chi connectivity index (χ0) is 17.9. The molecule has 3 rings (SSSR count). The van der Waals surface area contributed by atoms with Crippen molar-refractivity contribution in [3.05, 3.63) is 65.2 Å². The van der Waals surface area contributed by atoms with Gasteiger partial charge in [-0.05, 0) is 50.1 Å². The van der Waals surface area contributed by atoms with Crippen LogP contribution in [-0.4, -0.2) is 43.8 Å². The first-order valence-corrected chi connectivity index (χ1v) is 10.2. The van der Waals surface area contributed by atoms with Gasteiger partial charge in [0.05, 0.1) is 4.90 Å². The molecular weight excluding hydrogens is 332 g/mol. The Hall–Kier alpha value is -1.69. The summed E-state index contributed by atoms with van der Waals surface area (Å²) in [6.07, 6.45) is 0.858. The van der Waals surface area contributed by atoms with Crippen molar-refractivity contribution in [2.75, 3.05) is 26.2 Å². The van der Waals surface area contributed by atoms with Crippen molar-refractivity contribution in [1.82, 2.24) is 9.21 Å².